The van der Waals surface area contributed by atoms with E-state index in [0.717, 1.165) is 27.6 Å². The van der Waals surface area contributed by atoms with Gasteiger partial charge >= 0.3 is 6.09 Å². The van der Waals surface area contributed by atoms with Gasteiger partial charge in [-0.05, 0) is 63.1 Å². The fourth-order valence-corrected chi connectivity index (χ4v) is 3.99. The summed E-state index contributed by atoms with van der Waals surface area (Å²) in [4.78, 5) is 18.1. The summed E-state index contributed by atoms with van der Waals surface area (Å²) >= 11 is 0. The highest BCUT2D eigenvalue weighted by Crippen LogP contribution is 2.34. The molecule has 1 amide bonds. The number of fused-ring (bicyclic) bond motifs is 1. The third-order valence-electron chi connectivity index (χ3n) is 5.56. The number of halogens is 1. The topological polar surface area (TPSA) is 80.5 Å². The number of aryl methyl sites for hydroxylation is 1. The Hall–Kier alpha value is -3.35. The van der Waals surface area contributed by atoms with E-state index in [4.69, 9.17) is 10.5 Å². The summed E-state index contributed by atoms with van der Waals surface area (Å²) in [6, 6.07) is 10.8. The second-order valence-corrected chi connectivity index (χ2v) is 9.42. The first-order valence-corrected chi connectivity index (χ1v) is 10.8. The Balaban J connectivity index is 1.55. The van der Waals surface area contributed by atoms with Crippen LogP contribution in [0.1, 0.15) is 26.3 Å². The molecule has 1 fully saturated rings. The Kier molecular flexibility index (Phi) is 5.67. The number of nitrogens with two attached hydrogens (primary N) is 1. The number of hydrogen-bond acceptors (Lipinski definition) is 5. The first-order chi connectivity index (χ1) is 15.1. The molecule has 3 aromatic rings. The number of nitrogens with zero attached hydrogens (tertiary/aromatic N) is 2. The summed E-state index contributed by atoms with van der Waals surface area (Å²) < 4.78 is 20.1. The van der Waals surface area contributed by atoms with Crippen LogP contribution >= 0.6 is 0 Å². The van der Waals surface area contributed by atoms with Gasteiger partial charge in [-0.3, -0.25) is 0 Å². The maximum Gasteiger partial charge on any atom is 0.410 e. The highest BCUT2D eigenvalue weighted by Gasteiger charge is 2.33. The molecule has 0 unspecified atom stereocenters. The lowest BCUT2D eigenvalue weighted by Crippen LogP contribution is -2.53. The summed E-state index contributed by atoms with van der Waals surface area (Å²) in [6.07, 6.45) is 1.43. The predicted molar refractivity (Wildman–Crippen MR) is 126 cm³/mol. The molecule has 168 valence electrons. The van der Waals surface area contributed by atoms with Crippen LogP contribution in [-0.4, -0.2) is 41.2 Å². The number of anilines is 2. The smallest absolute Gasteiger partial charge is 0.410 e. The Morgan fingerprint density at radius 2 is 2.03 bits per heavy atom. The molecule has 1 saturated heterocycles. The largest absolute Gasteiger partial charge is 0.444 e. The lowest BCUT2D eigenvalue weighted by atomic mass is 9.96. The van der Waals surface area contributed by atoms with Crippen molar-refractivity contribution in [1.29, 1.82) is 0 Å². The Labute approximate surface area is 187 Å². The first-order valence-electron chi connectivity index (χ1n) is 10.8. The number of carbonyl (C=O) groups is 1. The summed E-state index contributed by atoms with van der Waals surface area (Å²) in [7, 11) is 0. The molecular weight excluding hydrogens is 407 g/mol. The highest BCUT2D eigenvalue weighted by atomic mass is 19.1. The van der Waals surface area contributed by atoms with Crippen LogP contribution in [0.3, 0.4) is 0 Å². The molecule has 6 nitrogen and oxygen atoms in total. The van der Waals surface area contributed by atoms with Crippen LogP contribution in [0.15, 0.2) is 42.6 Å². The summed E-state index contributed by atoms with van der Waals surface area (Å²) in [5.41, 5.74) is 8.52. The molecular formula is C25H29FN4O2. The second-order valence-electron chi connectivity index (χ2n) is 9.42. The zero-order chi connectivity index (χ0) is 23.0. The van der Waals surface area contributed by atoms with Crippen LogP contribution in [0.25, 0.3) is 21.9 Å². The van der Waals surface area contributed by atoms with E-state index in [1.54, 1.807) is 17.2 Å². The minimum Gasteiger partial charge on any atom is -0.444 e. The first kappa shape index (κ1) is 21.9. The normalized spacial score (nSPS) is 14.3. The monoisotopic (exact) mass is 436 g/mol. The number of pyridine rings is 1. The van der Waals surface area contributed by atoms with Gasteiger partial charge < -0.3 is 20.7 Å². The number of nitrogens with one attached hydrogen (secondary N) is 1. The molecule has 2 heterocycles. The molecule has 32 heavy (non-hydrogen) atoms. The van der Waals surface area contributed by atoms with Gasteiger partial charge in [-0.25, -0.2) is 14.2 Å². The number of hydrogen-bond donors (Lipinski definition) is 2. The van der Waals surface area contributed by atoms with Crippen molar-refractivity contribution in [3.63, 3.8) is 0 Å². The van der Waals surface area contributed by atoms with Crippen molar-refractivity contribution < 1.29 is 13.9 Å². The summed E-state index contributed by atoms with van der Waals surface area (Å²) in [5.74, 6) is 0.469. The molecule has 7 heteroatoms. The lowest BCUT2D eigenvalue weighted by Gasteiger charge is -2.40. The molecule has 1 aliphatic heterocycles. The number of benzene rings is 2. The maximum atomic E-state index is 14.6. The molecule has 0 bridgehead atoms. The molecule has 0 saturated carbocycles. The van der Waals surface area contributed by atoms with Crippen LogP contribution in [0.2, 0.25) is 0 Å². The number of aromatic nitrogens is 1. The van der Waals surface area contributed by atoms with Crippen LogP contribution in [-0.2, 0) is 4.74 Å². The minimum absolute atomic E-state index is 0.259. The van der Waals surface area contributed by atoms with E-state index in [0.29, 0.717) is 36.9 Å². The number of carbonyl (C=O) groups excluding carboxylic acids is 1. The molecule has 0 radical (unpaired) electrons. The number of nitrogen functional groups attached to an aromatic ring is 1. The number of ether oxygens (including phenoxy) is 1. The molecule has 4 rings (SSSR count). The van der Waals surface area contributed by atoms with Crippen molar-refractivity contribution >= 4 is 28.4 Å². The van der Waals surface area contributed by atoms with Gasteiger partial charge in [-0.1, -0.05) is 12.1 Å². The van der Waals surface area contributed by atoms with E-state index in [-0.39, 0.29) is 11.9 Å². The number of amides is 1. The van der Waals surface area contributed by atoms with E-state index >= 15 is 0 Å². The standard InChI is InChI=1S/C25H29FN4O2/c1-15-6-5-7-20(26)23(15)17-8-18-12-29-22(27)10-19(18)21(9-17)28-11-16-13-30(14-16)24(31)32-25(2,3)4/h5-10,12,16,28H,11,13-14H2,1-4H3,(H2,27,29). The van der Waals surface area contributed by atoms with Crippen molar-refractivity contribution in [1.82, 2.24) is 9.88 Å². The maximum absolute atomic E-state index is 14.6. The van der Waals surface area contributed by atoms with Crippen LogP contribution in [0, 0.1) is 18.7 Å². The Bertz CT molecular complexity index is 1150. The summed E-state index contributed by atoms with van der Waals surface area (Å²) in [5, 5.41) is 5.30. The van der Waals surface area contributed by atoms with Crippen molar-refractivity contribution in [2.75, 3.05) is 30.7 Å². The number of rotatable bonds is 4. The van der Waals surface area contributed by atoms with E-state index in [1.165, 1.54) is 6.07 Å². The fourth-order valence-electron chi connectivity index (χ4n) is 3.99. The average Bonchev–Trinajstić information content (AvgIpc) is 2.65. The van der Waals surface area contributed by atoms with Gasteiger partial charge in [-0.2, -0.15) is 0 Å². The predicted octanol–water partition coefficient (Wildman–Crippen LogP) is 5.21. The molecule has 1 aromatic heterocycles. The van der Waals surface area contributed by atoms with Gasteiger partial charge in [0.25, 0.3) is 0 Å². The molecule has 2 aromatic carbocycles. The fraction of sp³-hybridized carbons (Fsp3) is 0.360. The Morgan fingerprint density at radius 3 is 2.72 bits per heavy atom. The third-order valence-corrected chi connectivity index (χ3v) is 5.56. The van der Waals surface area contributed by atoms with E-state index in [1.807, 2.05) is 52.0 Å². The van der Waals surface area contributed by atoms with Gasteiger partial charge in [0.05, 0.1) is 0 Å². The molecule has 0 spiro atoms. The Morgan fingerprint density at radius 1 is 1.28 bits per heavy atom. The van der Waals surface area contributed by atoms with Gasteiger partial charge in [0.2, 0.25) is 0 Å². The van der Waals surface area contributed by atoms with Crippen molar-refractivity contribution in [3.05, 3.63) is 54.0 Å². The molecule has 1 aliphatic rings. The quantitative estimate of drug-likeness (QED) is 0.587. The van der Waals surface area contributed by atoms with Crippen molar-refractivity contribution in [2.45, 2.75) is 33.3 Å². The third kappa shape index (κ3) is 4.61. The minimum atomic E-state index is -0.501. The molecule has 3 N–H and O–H groups in total. The van der Waals surface area contributed by atoms with Gasteiger partial charge in [-0.15, -0.1) is 0 Å². The molecule has 0 aliphatic carbocycles. The lowest BCUT2D eigenvalue weighted by molar-refractivity contribution is 0.000847. The molecule has 0 atom stereocenters. The van der Waals surface area contributed by atoms with Crippen LogP contribution in [0.4, 0.5) is 20.7 Å². The highest BCUT2D eigenvalue weighted by molar-refractivity contribution is 5.98. The van der Waals surface area contributed by atoms with E-state index in [2.05, 4.69) is 10.3 Å². The zero-order valence-electron chi connectivity index (χ0n) is 18.9. The zero-order valence-corrected chi connectivity index (χ0v) is 18.9. The van der Waals surface area contributed by atoms with Crippen LogP contribution in [0.5, 0.6) is 0 Å². The average molecular weight is 437 g/mol. The summed E-state index contributed by atoms with van der Waals surface area (Å²) in [6.45, 7) is 9.43. The van der Waals surface area contributed by atoms with E-state index < -0.39 is 5.60 Å². The van der Waals surface area contributed by atoms with Crippen molar-refractivity contribution in [3.8, 4) is 11.1 Å². The second kappa shape index (κ2) is 8.30. The van der Waals surface area contributed by atoms with E-state index in [9.17, 15) is 9.18 Å². The van der Waals surface area contributed by atoms with Crippen LogP contribution < -0.4 is 11.1 Å². The SMILES string of the molecule is Cc1cccc(F)c1-c1cc(NCC2CN(C(=O)OC(C)(C)C)C2)c2cc(N)ncc2c1. The van der Waals surface area contributed by atoms with Gasteiger partial charge in [0.1, 0.15) is 17.2 Å². The van der Waals surface area contributed by atoms with Gasteiger partial charge in [0, 0.05) is 53.8 Å². The number of likely N-dealkylation sites (tertiary alicyclic amines) is 1. The van der Waals surface area contributed by atoms with Gasteiger partial charge in [0.15, 0.2) is 0 Å². The van der Waals surface area contributed by atoms with Crippen molar-refractivity contribution in [2.24, 2.45) is 5.92 Å².